The predicted molar refractivity (Wildman–Crippen MR) is 44.4 cm³/mol. The van der Waals surface area contributed by atoms with Gasteiger partial charge in [-0.3, -0.25) is 0 Å². The van der Waals surface area contributed by atoms with Crippen molar-refractivity contribution in [2.75, 3.05) is 26.2 Å². The van der Waals surface area contributed by atoms with Crippen LogP contribution >= 0.6 is 0 Å². The molecule has 0 atom stereocenters. The molecule has 0 saturated carbocycles. The Hall–Kier alpha value is 1.73. The summed E-state index contributed by atoms with van der Waals surface area (Å²) in [6, 6.07) is 0.702. The summed E-state index contributed by atoms with van der Waals surface area (Å²) in [6.07, 6.45) is 1.25. The van der Waals surface area contributed by atoms with Gasteiger partial charge in [0.2, 0.25) is 0 Å². The summed E-state index contributed by atoms with van der Waals surface area (Å²) in [5.74, 6) is 0. The average molecular weight is 227 g/mol. The van der Waals surface area contributed by atoms with Crippen molar-refractivity contribution < 1.29 is 58.2 Å². The van der Waals surface area contributed by atoms with Gasteiger partial charge in [-0.05, 0) is 26.9 Å². The molecule has 0 bridgehead atoms. The molecule has 1 rings (SSSR count). The zero-order valence-electron chi connectivity index (χ0n) is 8.01. The van der Waals surface area contributed by atoms with Gasteiger partial charge in [-0.15, -0.1) is 13.1 Å². The van der Waals surface area contributed by atoms with Crippen molar-refractivity contribution in [1.82, 2.24) is 4.90 Å². The van der Waals surface area contributed by atoms with E-state index in [0.29, 0.717) is 6.04 Å². The normalized spacial score (nSPS) is 21.0. The first kappa shape index (κ1) is 12.7. The molecule has 0 unspecified atom stereocenters. The summed E-state index contributed by atoms with van der Waals surface area (Å²) >= 11 is 0. The second kappa shape index (κ2) is 7.16. The summed E-state index contributed by atoms with van der Waals surface area (Å²) in [6.45, 7) is 9.02. The Morgan fingerprint density at radius 3 is 2.55 bits per heavy atom. The van der Waals surface area contributed by atoms with E-state index in [1.807, 2.05) is 0 Å². The van der Waals surface area contributed by atoms with Crippen molar-refractivity contribution in [3.8, 4) is 0 Å². The topological polar surface area (TPSA) is 17.3 Å². The Kier molecular flexibility index (Phi) is 8.28. The fourth-order valence-electron chi connectivity index (χ4n) is 1.32. The molecule has 1 saturated heterocycles. The van der Waals surface area contributed by atoms with Crippen molar-refractivity contribution in [2.45, 2.75) is 26.3 Å². The van der Waals surface area contributed by atoms with E-state index >= 15 is 0 Å². The van der Waals surface area contributed by atoms with E-state index < -0.39 is 0 Å². The third-order valence-corrected chi connectivity index (χ3v) is 2.04. The maximum absolute atomic E-state index is 4.36. The fourth-order valence-corrected chi connectivity index (χ4v) is 1.32. The van der Waals surface area contributed by atoms with Gasteiger partial charge < -0.3 is 10.2 Å². The second-order valence-electron chi connectivity index (χ2n) is 3.15. The minimum absolute atomic E-state index is 0. The van der Waals surface area contributed by atoms with E-state index in [1.165, 1.54) is 13.0 Å². The first-order chi connectivity index (χ1) is 4.80. The van der Waals surface area contributed by atoms with Crippen molar-refractivity contribution in [3.63, 3.8) is 0 Å². The zero-order chi connectivity index (χ0) is 7.40. The molecule has 2 nitrogen and oxygen atoms in total. The molecule has 1 heterocycles. The summed E-state index contributed by atoms with van der Waals surface area (Å²) < 4.78 is 0. The zero-order valence-corrected chi connectivity index (χ0v) is 12.9. The molecule has 0 radical (unpaired) electrons. The molecule has 1 aliphatic rings. The summed E-state index contributed by atoms with van der Waals surface area (Å²) in [5.41, 5.74) is 0. The minimum Gasteiger partial charge on any atom is -0.661 e. The minimum atomic E-state index is 0. The van der Waals surface area contributed by atoms with Gasteiger partial charge in [0.25, 0.3) is 0 Å². The second-order valence-corrected chi connectivity index (χ2v) is 3.15. The Morgan fingerprint density at radius 2 is 1.91 bits per heavy atom. The Labute approximate surface area is 119 Å². The average Bonchev–Trinajstić information content (AvgIpc) is 2.12. The van der Waals surface area contributed by atoms with Crippen molar-refractivity contribution in [1.29, 1.82) is 0 Å². The van der Waals surface area contributed by atoms with Gasteiger partial charge in [-0.1, -0.05) is 6.42 Å². The monoisotopic (exact) mass is 226 g/mol. The molecule has 0 N–H and O–H groups in total. The van der Waals surface area contributed by atoms with Crippen LogP contribution in [0.5, 0.6) is 0 Å². The molecular formula is C8H17N2Rb. The SMILES string of the molecule is CC(C)N1CCC[N-]CC1.[Rb+]. The summed E-state index contributed by atoms with van der Waals surface area (Å²) in [5, 5.41) is 4.36. The van der Waals surface area contributed by atoms with Gasteiger partial charge in [-0.25, -0.2) is 0 Å². The van der Waals surface area contributed by atoms with Crippen LogP contribution in [0, 0.1) is 0 Å². The Morgan fingerprint density at radius 1 is 1.18 bits per heavy atom. The van der Waals surface area contributed by atoms with Crippen LogP contribution in [0.2, 0.25) is 0 Å². The number of nitrogens with zero attached hydrogens (tertiary/aromatic N) is 2. The van der Waals surface area contributed by atoms with Crippen molar-refractivity contribution in [2.24, 2.45) is 0 Å². The molecule has 0 aromatic carbocycles. The molecule has 1 aliphatic heterocycles. The van der Waals surface area contributed by atoms with Gasteiger partial charge in [0.15, 0.2) is 0 Å². The van der Waals surface area contributed by atoms with Gasteiger partial charge in [-0.2, -0.15) is 0 Å². The quantitative estimate of drug-likeness (QED) is 0.531. The third-order valence-electron chi connectivity index (χ3n) is 2.04. The number of rotatable bonds is 1. The van der Waals surface area contributed by atoms with Crippen LogP contribution in [0.1, 0.15) is 20.3 Å². The van der Waals surface area contributed by atoms with Crippen LogP contribution in [-0.4, -0.2) is 37.1 Å². The third kappa shape index (κ3) is 5.11. The maximum Gasteiger partial charge on any atom is 1.00 e. The first-order valence-corrected chi connectivity index (χ1v) is 4.18. The maximum atomic E-state index is 4.36. The van der Waals surface area contributed by atoms with E-state index in [0.717, 1.165) is 19.6 Å². The van der Waals surface area contributed by atoms with Crippen LogP contribution in [0.15, 0.2) is 0 Å². The molecule has 60 valence electrons. The fraction of sp³-hybridized carbons (Fsp3) is 1.00. The van der Waals surface area contributed by atoms with Gasteiger partial charge in [0, 0.05) is 6.04 Å². The van der Waals surface area contributed by atoms with E-state index in [2.05, 4.69) is 24.1 Å². The van der Waals surface area contributed by atoms with Gasteiger partial charge in [0.1, 0.15) is 0 Å². The molecular weight excluding hydrogens is 210 g/mol. The smallest absolute Gasteiger partial charge is 0.661 e. The van der Waals surface area contributed by atoms with E-state index in [4.69, 9.17) is 0 Å². The molecule has 0 aliphatic carbocycles. The van der Waals surface area contributed by atoms with Crippen molar-refractivity contribution in [3.05, 3.63) is 5.32 Å². The molecule has 0 spiro atoms. The molecule has 0 aromatic heterocycles. The predicted octanol–water partition coefficient (Wildman–Crippen LogP) is -1.52. The largest absolute Gasteiger partial charge is 1.00 e. The van der Waals surface area contributed by atoms with Gasteiger partial charge in [0.05, 0.1) is 0 Å². The molecule has 0 aromatic rings. The molecule has 1 fully saturated rings. The van der Waals surface area contributed by atoms with Crippen LogP contribution in [-0.2, 0) is 0 Å². The van der Waals surface area contributed by atoms with Crippen LogP contribution in [0.25, 0.3) is 5.32 Å². The van der Waals surface area contributed by atoms with Crippen LogP contribution in [0.3, 0.4) is 0 Å². The van der Waals surface area contributed by atoms with Crippen molar-refractivity contribution >= 4 is 0 Å². The molecule has 0 amide bonds. The number of hydrogen-bond acceptors (Lipinski definition) is 1. The van der Waals surface area contributed by atoms with Crippen LogP contribution < -0.4 is 58.2 Å². The summed E-state index contributed by atoms with van der Waals surface area (Å²) in [4.78, 5) is 2.50. The van der Waals surface area contributed by atoms with Gasteiger partial charge >= 0.3 is 58.2 Å². The number of hydrogen-bond donors (Lipinski definition) is 0. The Balaban J connectivity index is 0.000001000. The summed E-state index contributed by atoms with van der Waals surface area (Å²) in [7, 11) is 0. The molecule has 3 heteroatoms. The standard InChI is InChI=1S/C8H17N2.Rb/c1-8(2)10-6-3-4-9-5-7-10;/h8H,3-7H2,1-2H3;/q-1;+1. The van der Waals surface area contributed by atoms with E-state index in [1.54, 1.807) is 0 Å². The molecule has 11 heavy (non-hydrogen) atoms. The van der Waals surface area contributed by atoms with Crippen LogP contribution in [0.4, 0.5) is 0 Å². The first-order valence-electron chi connectivity index (χ1n) is 4.18. The van der Waals surface area contributed by atoms with E-state index in [-0.39, 0.29) is 58.2 Å². The Bertz CT molecular complexity index is 88.1. The van der Waals surface area contributed by atoms with E-state index in [9.17, 15) is 0 Å².